The first-order valence-corrected chi connectivity index (χ1v) is 11.4. The topological polar surface area (TPSA) is 58.6 Å². The minimum absolute atomic E-state index is 0.000112. The van der Waals surface area contributed by atoms with E-state index in [9.17, 15) is 9.59 Å². The van der Waals surface area contributed by atoms with E-state index in [1.54, 1.807) is 6.08 Å². The maximum Gasteiger partial charge on any atom is 0.251 e. The number of amides is 1. The Kier molecular flexibility index (Phi) is 7.53. The largest absolute Gasteiger partial charge is 0.381 e. The fraction of sp³-hybridized carbons (Fsp3) is 0.500. The summed E-state index contributed by atoms with van der Waals surface area (Å²) in [4.78, 5) is 27.8. The van der Waals surface area contributed by atoms with E-state index in [4.69, 9.17) is 4.74 Å². The zero-order valence-electron chi connectivity index (χ0n) is 18.3. The van der Waals surface area contributed by atoms with Crippen LogP contribution in [0.1, 0.15) is 56.0 Å². The van der Waals surface area contributed by atoms with Crippen LogP contribution >= 0.6 is 15.9 Å². The molecule has 1 amide bonds. The molecule has 1 fully saturated rings. The van der Waals surface area contributed by atoms with Gasteiger partial charge in [0, 0.05) is 53.6 Å². The van der Waals surface area contributed by atoms with Gasteiger partial charge in [-0.3, -0.25) is 9.59 Å². The molecular weight excluding hydrogens is 444 g/mol. The summed E-state index contributed by atoms with van der Waals surface area (Å²) in [5.41, 5.74) is 5.46. The first kappa shape index (κ1) is 22.8. The maximum absolute atomic E-state index is 13.1. The number of nitrogens with one attached hydrogen (secondary N) is 1. The number of allylic oxidation sites excluding steroid dienone is 3. The van der Waals surface area contributed by atoms with E-state index in [-0.39, 0.29) is 18.2 Å². The number of hydrogen-bond acceptors (Lipinski definition) is 4. The highest BCUT2D eigenvalue weighted by atomic mass is 79.9. The second-order valence-electron chi connectivity index (χ2n) is 8.20. The van der Waals surface area contributed by atoms with Gasteiger partial charge in [-0.15, -0.1) is 0 Å². The van der Waals surface area contributed by atoms with Crippen LogP contribution < -0.4 is 10.2 Å². The molecule has 1 aromatic rings. The van der Waals surface area contributed by atoms with Crippen LogP contribution in [0, 0.1) is 6.92 Å². The Morgan fingerprint density at radius 3 is 2.57 bits per heavy atom. The van der Waals surface area contributed by atoms with Crippen LogP contribution in [0.4, 0.5) is 5.69 Å². The Hall–Kier alpha value is -1.92. The number of halogens is 1. The van der Waals surface area contributed by atoms with E-state index in [2.05, 4.69) is 39.1 Å². The van der Waals surface area contributed by atoms with E-state index in [1.165, 1.54) is 0 Å². The molecule has 1 aromatic carbocycles. The Bertz CT molecular complexity index is 898. The van der Waals surface area contributed by atoms with Crippen molar-refractivity contribution in [3.63, 3.8) is 0 Å². The van der Waals surface area contributed by atoms with Crippen molar-refractivity contribution in [2.75, 3.05) is 31.2 Å². The molecule has 0 radical (unpaired) electrons. The first-order valence-electron chi connectivity index (χ1n) is 10.6. The molecule has 0 spiro atoms. The molecule has 1 N–H and O–H groups in total. The quantitative estimate of drug-likeness (QED) is 0.647. The van der Waals surface area contributed by atoms with Gasteiger partial charge >= 0.3 is 0 Å². The lowest BCUT2D eigenvalue weighted by Gasteiger charge is -2.36. The lowest BCUT2D eigenvalue weighted by atomic mass is 9.92. The predicted molar refractivity (Wildman–Crippen MR) is 124 cm³/mol. The molecule has 0 aromatic heterocycles. The minimum Gasteiger partial charge on any atom is -0.381 e. The maximum atomic E-state index is 13.1. The van der Waals surface area contributed by atoms with Crippen molar-refractivity contribution in [2.45, 2.75) is 53.0 Å². The zero-order chi connectivity index (χ0) is 21.8. The van der Waals surface area contributed by atoms with Crippen molar-refractivity contribution in [3.05, 3.63) is 50.5 Å². The molecule has 0 saturated carbocycles. The summed E-state index contributed by atoms with van der Waals surface area (Å²) in [6, 6.07) is 4.37. The van der Waals surface area contributed by atoms with Crippen molar-refractivity contribution in [1.82, 2.24) is 5.32 Å². The molecule has 0 atom stereocenters. The van der Waals surface area contributed by atoms with Crippen LogP contribution in [0.15, 0.2) is 39.4 Å². The third-order valence-electron chi connectivity index (χ3n) is 6.03. The fourth-order valence-electron chi connectivity index (χ4n) is 4.42. The van der Waals surface area contributed by atoms with Gasteiger partial charge in [-0.1, -0.05) is 27.1 Å². The molecule has 30 heavy (non-hydrogen) atoms. The lowest BCUT2D eigenvalue weighted by Crippen LogP contribution is -2.40. The predicted octanol–water partition coefficient (Wildman–Crippen LogP) is 4.73. The van der Waals surface area contributed by atoms with Gasteiger partial charge in [0.1, 0.15) is 0 Å². The fourth-order valence-corrected chi connectivity index (χ4v) is 4.87. The van der Waals surface area contributed by atoms with Gasteiger partial charge in [0.2, 0.25) is 0 Å². The molecular formula is C24H31BrN2O3. The second kappa shape index (κ2) is 9.92. The first-order chi connectivity index (χ1) is 14.3. The summed E-state index contributed by atoms with van der Waals surface area (Å²) in [6.07, 6.45) is 4.44. The molecule has 1 aliphatic heterocycles. The van der Waals surface area contributed by atoms with Crippen molar-refractivity contribution in [2.24, 2.45) is 0 Å². The number of rotatable bonds is 6. The molecule has 162 valence electrons. The molecule has 5 nitrogen and oxygen atoms in total. The van der Waals surface area contributed by atoms with E-state index in [1.807, 2.05) is 26.8 Å². The van der Waals surface area contributed by atoms with Gasteiger partial charge in [-0.2, -0.15) is 0 Å². The number of nitrogens with zero attached hydrogens (tertiary/aromatic N) is 1. The highest BCUT2D eigenvalue weighted by Gasteiger charge is 2.25. The number of carbonyl (C=O) groups is 2. The SMILES string of the molecule is CCN(c1cc(Br)cc(C(=O)NCC2=C(C)CC(C)=CC2=O)c1C)C1CCOCC1. The molecule has 0 bridgehead atoms. The van der Waals surface area contributed by atoms with Crippen LogP contribution in [0.25, 0.3) is 0 Å². The summed E-state index contributed by atoms with van der Waals surface area (Å²) in [5, 5.41) is 2.97. The normalized spacial score (nSPS) is 17.8. The Labute approximate surface area is 187 Å². The van der Waals surface area contributed by atoms with Gasteiger partial charge < -0.3 is 15.0 Å². The van der Waals surface area contributed by atoms with E-state index < -0.39 is 0 Å². The minimum atomic E-state index is -0.155. The Balaban J connectivity index is 1.81. The van der Waals surface area contributed by atoms with Gasteiger partial charge in [-0.05, 0) is 70.7 Å². The van der Waals surface area contributed by atoms with Gasteiger partial charge in [0.05, 0.1) is 0 Å². The lowest BCUT2D eigenvalue weighted by molar-refractivity contribution is -0.111. The number of hydrogen-bond donors (Lipinski definition) is 1. The summed E-state index contributed by atoms with van der Waals surface area (Å²) in [7, 11) is 0. The molecule has 1 saturated heterocycles. The van der Waals surface area contributed by atoms with Crippen LogP contribution in [0.2, 0.25) is 0 Å². The van der Waals surface area contributed by atoms with Crippen molar-refractivity contribution in [1.29, 1.82) is 0 Å². The average Bonchev–Trinajstić information content (AvgIpc) is 2.70. The standard InChI is InChI=1S/C24H31BrN2O3/c1-5-27(19-6-8-30-9-7-19)22-13-18(25)12-20(17(22)4)24(29)26-14-21-16(3)10-15(2)11-23(21)28/h11-13,19H,5-10,14H2,1-4H3,(H,26,29). The van der Waals surface area contributed by atoms with Gasteiger partial charge in [0.25, 0.3) is 5.91 Å². The second-order valence-corrected chi connectivity index (χ2v) is 9.12. The summed E-state index contributed by atoms with van der Waals surface area (Å²) in [6.45, 7) is 10.7. The highest BCUT2D eigenvalue weighted by Crippen LogP contribution is 2.32. The molecule has 1 aliphatic carbocycles. The van der Waals surface area contributed by atoms with E-state index in [0.717, 1.165) is 65.9 Å². The highest BCUT2D eigenvalue weighted by molar-refractivity contribution is 9.10. The number of ketones is 1. The number of ether oxygens (including phenoxy) is 1. The smallest absolute Gasteiger partial charge is 0.251 e. The molecule has 2 aliphatic rings. The zero-order valence-corrected chi connectivity index (χ0v) is 19.9. The van der Waals surface area contributed by atoms with Gasteiger partial charge in [0.15, 0.2) is 5.78 Å². The third-order valence-corrected chi connectivity index (χ3v) is 6.49. The van der Waals surface area contributed by atoms with E-state index in [0.29, 0.717) is 17.2 Å². The van der Waals surface area contributed by atoms with Crippen LogP contribution in [-0.2, 0) is 9.53 Å². The Morgan fingerprint density at radius 2 is 1.93 bits per heavy atom. The molecule has 6 heteroatoms. The van der Waals surface area contributed by atoms with Crippen molar-refractivity contribution >= 4 is 33.3 Å². The third kappa shape index (κ3) is 5.03. The van der Waals surface area contributed by atoms with Crippen molar-refractivity contribution in [3.8, 4) is 0 Å². The molecule has 1 heterocycles. The summed E-state index contributed by atoms with van der Waals surface area (Å²) < 4.78 is 6.40. The van der Waals surface area contributed by atoms with Crippen LogP contribution in [0.3, 0.4) is 0 Å². The van der Waals surface area contributed by atoms with Crippen LogP contribution in [-0.4, -0.2) is 44.0 Å². The summed E-state index contributed by atoms with van der Waals surface area (Å²) in [5.74, 6) is -0.155. The van der Waals surface area contributed by atoms with Crippen molar-refractivity contribution < 1.29 is 14.3 Å². The monoisotopic (exact) mass is 474 g/mol. The van der Waals surface area contributed by atoms with Crippen LogP contribution in [0.5, 0.6) is 0 Å². The molecule has 0 unspecified atom stereocenters. The summed E-state index contributed by atoms with van der Waals surface area (Å²) >= 11 is 3.59. The number of anilines is 1. The molecule has 3 rings (SSSR count). The van der Waals surface area contributed by atoms with Gasteiger partial charge in [-0.25, -0.2) is 0 Å². The van der Waals surface area contributed by atoms with E-state index >= 15 is 0 Å². The average molecular weight is 475 g/mol. The number of benzene rings is 1. The Morgan fingerprint density at radius 1 is 1.23 bits per heavy atom. The number of carbonyl (C=O) groups excluding carboxylic acids is 2.